The van der Waals surface area contributed by atoms with Gasteiger partial charge in [-0.15, -0.1) is 29.9 Å². The minimum absolute atomic E-state index is 0.196. The highest BCUT2D eigenvalue weighted by Crippen LogP contribution is 2.74. The zero-order valence-electron chi connectivity index (χ0n) is 16.2. The molecule has 4 aliphatic rings. The van der Waals surface area contributed by atoms with Crippen molar-refractivity contribution in [2.24, 2.45) is 0 Å². The first-order valence-corrected chi connectivity index (χ1v) is 10.9. The van der Waals surface area contributed by atoms with Crippen LogP contribution in [-0.4, -0.2) is 27.3 Å². The Morgan fingerprint density at radius 2 is 1.29 bits per heavy atom. The second-order valence-electron chi connectivity index (χ2n) is 8.10. The normalized spacial score (nSPS) is 34.0. The molecule has 0 bridgehead atoms. The van der Waals surface area contributed by atoms with Crippen LogP contribution >= 0.6 is 23.5 Å². The quantitative estimate of drug-likeness (QED) is 0.319. The standard InChI is InChI=1S/C23H14F6S2/c1-4-13-10-14-17-18(22(26,27)23(28,29)21(17,24)25)15-11-16(12-8-6-5-7-9-12)31-20(15,3)19(14,2)30-13/h1,5-11H,2-3H3. The van der Waals surface area contributed by atoms with Crippen molar-refractivity contribution < 1.29 is 26.3 Å². The Bertz CT molecular complexity index is 1200. The van der Waals surface area contributed by atoms with Gasteiger partial charge in [0.25, 0.3) is 0 Å². The zero-order valence-corrected chi connectivity index (χ0v) is 17.8. The minimum Gasteiger partial charge on any atom is -0.194 e. The molecule has 8 heteroatoms. The third-order valence-electron chi connectivity index (χ3n) is 6.52. The Balaban J connectivity index is 1.89. The Morgan fingerprint density at radius 3 is 1.84 bits per heavy atom. The maximum Gasteiger partial charge on any atom is 0.380 e. The summed E-state index contributed by atoms with van der Waals surface area (Å²) in [5.41, 5.74) is -2.31. The molecule has 31 heavy (non-hydrogen) atoms. The van der Waals surface area contributed by atoms with Crippen LogP contribution in [0.5, 0.6) is 0 Å². The summed E-state index contributed by atoms with van der Waals surface area (Å²) in [7, 11) is 0. The minimum atomic E-state index is -5.55. The summed E-state index contributed by atoms with van der Waals surface area (Å²) in [5, 5.41) is 0. The Kier molecular flexibility index (Phi) is 3.96. The average Bonchev–Trinajstić information content (AvgIpc) is 3.28. The van der Waals surface area contributed by atoms with Gasteiger partial charge in [-0.2, -0.15) is 26.3 Å². The summed E-state index contributed by atoms with van der Waals surface area (Å²) in [6, 6.07) is 8.80. The maximum atomic E-state index is 15.0. The van der Waals surface area contributed by atoms with Gasteiger partial charge in [-0.3, -0.25) is 0 Å². The monoisotopic (exact) mass is 468 g/mol. The van der Waals surface area contributed by atoms with E-state index in [-0.39, 0.29) is 16.1 Å². The zero-order chi connectivity index (χ0) is 22.6. The maximum absolute atomic E-state index is 15.0. The summed E-state index contributed by atoms with van der Waals surface area (Å²) in [5.74, 6) is -13.3. The molecule has 2 aliphatic carbocycles. The summed E-state index contributed by atoms with van der Waals surface area (Å²) in [6.45, 7) is 3.24. The molecule has 0 amide bonds. The van der Waals surface area contributed by atoms with E-state index in [1.807, 2.05) is 0 Å². The van der Waals surface area contributed by atoms with Crippen LogP contribution in [0.1, 0.15) is 19.4 Å². The fourth-order valence-corrected chi connectivity index (χ4v) is 7.67. The molecule has 0 N–H and O–H groups in total. The number of hydrogen-bond donors (Lipinski definition) is 0. The first-order chi connectivity index (χ1) is 14.3. The first-order valence-electron chi connectivity index (χ1n) is 9.30. The lowest BCUT2D eigenvalue weighted by atomic mass is 9.71. The molecule has 1 fully saturated rings. The van der Waals surface area contributed by atoms with Crippen molar-refractivity contribution in [3.05, 3.63) is 75.2 Å². The van der Waals surface area contributed by atoms with Crippen LogP contribution in [0.4, 0.5) is 26.3 Å². The summed E-state index contributed by atoms with van der Waals surface area (Å²) >= 11 is 2.29. The van der Waals surface area contributed by atoms with Crippen LogP contribution in [0.25, 0.3) is 4.91 Å². The third-order valence-corrected chi connectivity index (χ3v) is 9.75. The Morgan fingerprint density at radius 1 is 0.774 bits per heavy atom. The molecule has 2 heterocycles. The fourth-order valence-electron chi connectivity index (χ4n) is 4.72. The fraction of sp³-hybridized carbons (Fsp3) is 0.304. The molecule has 0 spiro atoms. The average molecular weight is 468 g/mol. The summed E-state index contributed by atoms with van der Waals surface area (Å²) < 4.78 is 86.5. The molecular weight excluding hydrogens is 454 g/mol. The van der Waals surface area contributed by atoms with E-state index in [1.165, 1.54) is 23.9 Å². The van der Waals surface area contributed by atoms with Gasteiger partial charge in [0.15, 0.2) is 0 Å². The molecule has 2 atom stereocenters. The van der Waals surface area contributed by atoms with Crippen LogP contribution < -0.4 is 0 Å². The van der Waals surface area contributed by atoms with E-state index in [0.29, 0.717) is 10.5 Å². The molecule has 0 nitrogen and oxygen atoms in total. The van der Waals surface area contributed by atoms with E-state index >= 15 is 8.78 Å². The van der Waals surface area contributed by atoms with Crippen molar-refractivity contribution >= 4 is 28.4 Å². The second-order valence-corrected chi connectivity index (χ2v) is 11.0. The number of terminal acetylenes is 1. The highest BCUT2D eigenvalue weighted by molar-refractivity contribution is 8.12. The van der Waals surface area contributed by atoms with Gasteiger partial charge in [0.1, 0.15) is 0 Å². The molecule has 160 valence electrons. The van der Waals surface area contributed by atoms with E-state index in [2.05, 4.69) is 5.92 Å². The lowest BCUT2D eigenvalue weighted by Crippen LogP contribution is -2.48. The molecule has 0 radical (unpaired) electrons. The predicted molar refractivity (Wildman–Crippen MR) is 112 cm³/mol. The number of fused-ring (bicyclic) bond motifs is 4. The molecular formula is C23H14F6S2. The molecule has 1 saturated carbocycles. The molecule has 0 aromatic heterocycles. The number of thioether (sulfide) groups is 2. The van der Waals surface area contributed by atoms with Gasteiger partial charge in [0.05, 0.1) is 14.4 Å². The van der Waals surface area contributed by atoms with Gasteiger partial charge in [-0.25, -0.2) is 0 Å². The predicted octanol–water partition coefficient (Wildman–Crippen LogP) is 7.08. The largest absolute Gasteiger partial charge is 0.380 e. The number of alkyl halides is 6. The molecule has 1 aromatic carbocycles. The lowest BCUT2D eigenvalue weighted by Gasteiger charge is -2.47. The highest BCUT2D eigenvalue weighted by atomic mass is 32.2. The number of hydrogen-bond acceptors (Lipinski definition) is 2. The van der Waals surface area contributed by atoms with Gasteiger partial charge >= 0.3 is 17.8 Å². The van der Waals surface area contributed by atoms with E-state index in [0.717, 1.165) is 11.8 Å². The first kappa shape index (κ1) is 20.9. The molecule has 0 saturated heterocycles. The third kappa shape index (κ3) is 2.19. The molecule has 2 aliphatic heterocycles. The van der Waals surface area contributed by atoms with Crippen LogP contribution in [0.15, 0.2) is 69.7 Å². The number of benzene rings is 1. The van der Waals surface area contributed by atoms with Crippen molar-refractivity contribution in [2.75, 3.05) is 0 Å². The van der Waals surface area contributed by atoms with Gasteiger partial charge in [-0.1, -0.05) is 36.3 Å². The topological polar surface area (TPSA) is 0 Å². The van der Waals surface area contributed by atoms with Gasteiger partial charge in [0, 0.05) is 16.1 Å². The van der Waals surface area contributed by atoms with Gasteiger partial charge in [0.2, 0.25) is 0 Å². The Hall–Kier alpha value is -1.98. The summed E-state index contributed by atoms with van der Waals surface area (Å²) in [6.07, 6.45) is 8.03. The van der Waals surface area contributed by atoms with Crippen molar-refractivity contribution in [1.82, 2.24) is 0 Å². The molecule has 5 rings (SSSR count). The van der Waals surface area contributed by atoms with Crippen LogP contribution in [0, 0.1) is 12.3 Å². The smallest absolute Gasteiger partial charge is 0.194 e. The molecule has 2 unspecified atom stereocenters. The lowest BCUT2D eigenvalue weighted by molar-refractivity contribution is -0.258. The van der Waals surface area contributed by atoms with E-state index in [1.54, 1.807) is 44.2 Å². The number of rotatable bonds is 1. The van der Waals surface area contributed by atoms with Crippen molar-refractivity contribution in [2.45, 2.75) is 41.1 Å². The van der Waals surface area contributed by atoms with Gasteiger partial charge < -0.3 is 0 Å². The number of allylic oxidation sites excluding steroid dienone is 5. The summed E-state index contributed by atoms with van der Waals surface area (Å²) in [4.78, 5) is 0.798. The van der Waals surface area contributed by atoms with E-state index in [4.69, 9.17) is 6.42 Å². The van der Waals surface area contributed by atoms with Crippen LogP contribution in [0.2, 0.25) is 0 Å². The SMILES string of the molecule is C#CC1=CC2=C3C(=C4C=C(c5ccccc5)SC4(C)C2(C)S1)C(F)(F)C(F)(F)C3(F)F. The van der Waals surface area contributed by atoms with E-state index in [9.17, 15) is 17.6 Å². The van der Waals surface area contributed by atoms with Crippen LogP contribution in [-0.2, 0) is 0 Å². The Labute approximate surface area is 183 Å². The van der Waals surface area contributed by atoms with Crippen molar-refractivity contribution in [1.29, 1.82) is 0 Å². The highest BCUT2D eigenvalue weighted by Gasteiger charge is 2.84. The molecule has 1 aromatic rings. The second kappa shape index (κ2) is 5.87. The van der Waals surface area contributed by atoms with E-state index < -0.39 is 38.4 Å². The van der Waals surface area contributed by atoms with Crippen molar-refractivity contribution in [3.8, 4) is 12.3 Å². The van der Waals surface area contributed by atoms with Crippen LogP contribution in [0.3, 0.4) is 0 Å². The number of halogens is 6. The van der Waals surface area contributed by atoms with Gasteiger partial charge in [-0.05, 0) is 42.7 Å². The van der Waals surface area contributed by atoms with Crippen molar-refractivity contribution in [3.63, 3.8) is 0 Å².